The van der Waals surface area contributed by atoms with E-state index in [1.807, 2.05) is 59.5 Å². The van der Waals surface area contributed by atoms with E-state index in [-0.39, 0.29) is 11.8 Å². The number of benzene rings is 2. The number of aromatic amines is 1. The molecule has 0 atom stereocenters. The zero-order valence-corrected chi connectivity index (χ0v) is 22.2. The molecule has 4 heterocycles. The molecule has 2 fully saturated rings. The SMILES string of the molecule is CN1CCN(CC(=O)N2CCC(c3nc(N)c4c(-c5ccc(Oc6ccccc6)cc5)[nH]nc4n3)CC2)CC1. The lowest BCUT2D eigenvalue weighted by Gasteiger charge is -2.35. The normalized spacial score (nSPS) is 17.5. The Hall–Kier alpha value is -4.02. The molecule has 10 heteroatoms. The van der Waals surface area contributed by atoms with Crippen molar-refractivity contribution in [2.24, 2.45) is 0 Å². The number of aromatic nitrogens is 4. The number of nitrogens with two attached hydrogens (primary N) is 1. The van der Waals surface area contributed by atoms with E-state index in [9.17, 15) is 4.79 Å². The molecule has 2 aliphatic rings. The second kappa shape index (κ2) is 11.0. The van der Waals surface area contributed by atoms with Crippen LogP contribution in [0.3, 0.4) is 0 Å². The molecule has 202 valence electrons. The van der Waals surface area contributed by atoms with E-state index < -0.39 is 0 Å². The number of hydrogen-bond donors (Lipinski definition) is 2. The first kappa shape index (κ1) is 25.3. The summed E-state index contributed by atoms with van der Waals surface area (Å²) < 4.78 is 5.91. The predicted molar refractivity (Wildman–Crippen MR) is 151 cm³/mol. The van der Waals surface area contributed by atoms with E-state index in [2.05, 4.69) is 27.0 Å². The van der Waals surface area contributed by atoms with Gasteiger partial charge in [0.25, 0.3) is 0 Å². The summed E-state index contributed by atoms with van der Waals surface area (Å²) in [7, 11) is 2.12. The molecular weight excluding hydrogens is 492 g/mol. The topological polar surface area (TPSA) is 116 Å². The average molecular weight is 527 g/mol. The van der Waals surface area contributed by atoms with Crippen molar-refractivity contribution in [1.29, 1.82) is 0 Å². The first-order chi connectivity index (χ1) is 19.0. The highest BCUT2D eigenvalue weighted by Gasteiger charge is 2.28. The fourth-order valence-corrected chi connectivity index (χ4v) is 5.36. The molecule has 4 aromatic rings. The van der Waals surface area contributed by atoms with Crippen LogP contribution in [0.1, 0.15) is 24.6 Å². The Kier molecular flexibility index (Phi) is 7.12. The fraction of sp³-hybridized carbons (Fsp3) is 0.379. The minimum atomic E-state index is 0.152. The fourth-order valence-electron chi connectivity index (χ4n) is 5.36. The monoisotopic (exact) mass is 526 g/mol. The number of hydrogen-bond acceptors (Lipinski definition) is 8. The highest BCUT2D eigenvalue weighted by molar-refractivity contribution is 5.98. The Morgan fingerprint density at radius 3 is 2.36 bits per heavy atom. The average Bonchev–Trinajstić information content (AvgIpc) is 3.40. The first-order valence-corrected chi connectivity index (χ1v) is 13.6. The minimum Gasteiger partial charge on any atom is -0.457 e. The van der Waals surface area contributed by atoms with Crippen LogP contribution in [0.15, 0.2) is 54.6 Å². The number of rotatable bonds is 6. The lowest BCUT2D eigenvalue weighted by atomic mass is 9.95. The summed E-state index contributed by atoms with van der Waals surface area (Å²) in [6.45, 7) is 5.85. The third-order valence-corrected chi connectivity index (χ3v) is 7.75. The number of para-hydroxylation sites is 1. The highest BCUT2D eigenvalue weighted by atomic mass is 16.5. The molecule has 6 rings (SSSR count). The Morgan fingerprint density at radius 2 is 1.64 bits per heavy atom. The Morgan fingerprint density at radius 1 is 0.949 bits per heavy atom. The second-order valence-electron chi connectivity index (χ2n) is 10.4. The van der Waals surface area contributed by atoms with E-state index in [0.29, 0.717) is 36.9 Å². The van der Waals surface area contributed by atoms with Crippen molar-refractivity contribution < 1.29 is 9.53 Å². The number of amides is 1. The lowest BCUT2D eigenvalue weighted by molar-refractivity contribution is -0.133. The molecule has 0 radical (unpaired) electrons. The third-order valence-electron chi connectivity index (χ3n) is 7.75. The molecule has 2 aliphatic heterocycles. The maximum atomic E-state index is 12.9. The number of H-pyrrole nitrogens is 1. The summed E-state index contributed by atoms with van der Waals surface area (Å²) in [6.07, 6.45) is 1.64. The van der Waals surface area contributed by atoms with Gasteiger partial charge in [0.05, 0.1) is 17.6 Å². The van der Waals surface area contributed by atoms with Crippen molar-refractivity contribution in [3.63, 3.8) is 0 Å². The molecule has 3 N–H and O–H groups in total. The molecule has 2 aromatic carbocycles. The van der Waals surface area contributed by atoms with Gasteiger partial charge in [-0.1, -0.05) is 18.2 Å². The van der Waals surface area contributed by atoms with Crippen LogP contribution in [-0.4, -0.2) is 93.6 Å². The highest BCUT2D eigenvalue weighted by Crippen LogP contribution is 2.33. The van der Waals surface area contributed by atoms with E-state index in [4.69, 9.17) is 20.4 Å². The van der Waals surface area contributed by atoms with Gasteiger partial charge in [0.15, 0.2) is 5.65 Å². The lowest BCUT2D eigenvalue weighted by Crippen LogP contribution is -2.50. The number of nitrogens with zero attached hydrogens (tertiary/aromatic N) is 6. The summed E-state index contributed by atoms with van der Waals surface area (Å²) in [5.74, 6) is 3.01. The van der Waals surface area contributed by atoms with Crippen molar-refractivity contribution in [3.8, 4) is 22.8 Å². The van der Waals surface area contributed by atoms with Crippen molar-refractivity contribution in [2.45, 2.75) is 18.8 Å². The number of piperidine rings is 1. The van der Waals surface area contributed by atoms with Gasteiger partial charge in [0.1, 0.15) is 23.1 Å². The number of fused-ring (bicyclic) bond motifs is 1. The van der Waals surface area contributed by atoms with E-state index in [0.717, 1.165) is 67.2 Å². The summed E-state index contributed by atoms with van der Waals surface area (Å²) in [5, 5.41) is 8.27. The van der Waals surface area contributed by atoms with Crippen molar-refractivity contribution in [1.82, 2.24) is 34.9 Å². The molecule has 39 heavy (non-hydrogen) atoms. The van der Waals surface area contributed by atoms with Gasteiger partial charge < -0.3 is 20.3 Å². The third kappa shape index (κ3) is 5.57. The van der Waals surface area contributed by atoms with Gasteiger partial charge in [0.2, 0.25) is 5.91 Å². The van der Waals surface area contributed by atoms with Gasteiger partial charge in [-0.05, 0) is 56.3 Å². The van der Waals surface area contributed by atoms with E-state index >= 15 is 0 Å². The number of nitrogens with one attached hydrogen (secondary N) is 1. The predicted octanol–water partition coefficient (Wildman–Crippen LogP) is 3.35. The smallest absolute Gasteiger partial charge is 0.236 e. The van der Waals surface area contributed by atoms with E-state index in [1.54, 1.807) is 0 Å². The first-order valence-electron chi connectivity index (χ1n) is 13.6. The molecule has 2 aromatic heterocycles. The van der Waals surface area contributed by atoms with Gasteiger partial charge in [-0.15, -0.1) is 0 Å². The number of nitrogen functional groups attached to an aromatic ring is 1. The molecule has 10 nitrogen and oxygen atoms in total. The van der Waals surface area contributed by atoms with E-state index in [1.165, 1.54) is 0 Å². The number of ether oxygens (including phenoxy) is 1. The Bertz CT molecular complexity index is 1420. The number of carbonyl (C=O) groups is 1. The number of likely N-dealkylation sites (N-methyl/N-ethyl adjacent to an activating group) is 1. The number of piperazine rings is 1. The van der Waals surface area contributed by atoms with Crippen molar-refractivity contribution in [2.75, 3.05) is 58.6 Å². The molecule has 1 amide bonds. The van der Waals surface area contributed by atoms with Crippen molar-refractivity contribution >= 4 is 22.8 Å². The van der Waals surface area contributed by atoms with Crippen LogP contribution in [0.4, 0.5) is 5.82 Å². The molecule has 2 saturated heterocycles. The maximum Gasteiger partial charge on any atom is 0.236 e. The maximum absolute atomic E-state index is 12.9. The zero-order chi connectivity index (χ0) is 26.8. The summed E-state index contributed by atoms with van der Waals surface area (Å²) in [6, 6.07) is 17.4. The molecular formula is C29H34N8O2. The summed E-state index contributed by atoms with van der Waals surface area (Å²) >= 11 is 0. The second-order valence-corrected chi connectivity index (χ2v) is 10.4. The molecule has 0 saturated carbocycles. The molecule has 0 bridgehead atoms. The largest absolute Gasteiger partial charge is 0.457 e. The summed E-state index contributed by atoms with van der Waals surface area (Å²) in [5.41, 5.74) is 8.73. The van der Waals surface area contributed by atoms with Gasteiger partial charge in [-0.25, -0.2) is 9.97 Å². The van der Waals surface area contributed by atoms with Crippen LogP contribution in [-0.2, 0) is 4.79 Å². The van der Waals surface area contributed by atoms with Gasteiger partial charge in [-0.3, -0.25) is 14.8 Å². The van der Waals surface area contributed by atoms with Crippen LogP contribution >= 0.6 is 0 Å². The van der Waals surface area contributed by atoms with Crippen LogP contribution < -0.4 is 10.5 Å². The quantitative estimate of drug-likeness (QED) is 0.393. The van der Waals surface area contributed by atoms with Gasteiger partial charge >= 0.3 is 0 Å². The van der Waals surface area contributed by atoms with Crippen molar-refractivity contribution in [3.05, 3.63) is 60.4 Å². The van der Waals surface area contributed by atoms with Gasteiger partial charge in [-0.2, -0.15) is 5.10 Å². The Balaban J connectivity index is 1.11. The Labute approximate surface area is 227 Å². The molecule has 0 unspecified atom stereocenters. The number of anilines is 1. The van der Waals surface area contributed by atoms with Crippen LogP contribution in [0.25, 0.3) is 22.3 Å². The van der Waals surface area contributed by atoms with Crippen LogP contribution in [0.2, 0.25) is 0 Å². The summed E-state index contributed by atoms with van der Waals surface area (Å²) in [4.78, 5) is 28.9. The van der Waals surface area contributed by atoms with Gasteiger partial charge in [0, 0.05) is 50.7 Å². The van der Waals surface area contributed by atoms with Crippen LogP contribution in [0, 0.1) is 0 Å². The zero-order valence-electron chi connectivity index (χ0n) is 22.2. The molecule has 0 spiro atoms. The number of likely N-dealkylation sites (tertiary alicyclic amines) is 1. The van der Waals surface area contributed by atoms with Crippen LogP contribution in [0.5, 0.6) is 11.5 Å². The standard InChI is InChI=1S/C29H34N8O2/c1-35-15-17-36(18-16-35)19-24(38)37-13-11-21(12-14-37)28-31-27(30)25-26(33-34-29(25)32-28)20-7-9-23(10-8-20)39-22-5-3-2-4-6-22/h2-10,21H,11-19H2,1H3,(H3,30,31,32,33,34). The molecule has 0 aliphatic carbocycles. The minimum absolute atomic E-state index is 0.152. The number of carbonyl (C=O) groups excluding carboxylic acids is 1.